The Morgan fingerprint density at radius 3 is 2.28 bits per heavy atom. The number of hydrogen-bond donors (Lipinski definition) is 1. The van der Waals surface area contributed by atoms with Crippen molar-refractivity contribution in [1.82, 2.24) is 5.32 Å². The molecule has 0 aromatic heterocycles. The van der Waals surface area contributed by atoms with Crippen molar-refractivity contribution in [2.75, 3.05) is 20.8 Å². The van der Waals surface area contributed by atoms with E-state index in [1.165, 1.54) is 18.3 Å². The molecule has 1 N–H and O–H groups in total. The van der Waals surface area contributed by atoms with Crippen LogP contribution in [0.3, 0.4) is 0 Å². The topological polar surface area (TPSA) is 72.3 Å². The second kappa shape index (κ2) is 8.83. The van der Waals surface area contributed by atoms with E-state index in [0.29, 0.717) is 18.7 Å². The molecule has 6 nitrogen and oxygen atoms in total. The zero-order valence-corrected chi connectivity index (χ0v) is 16.7. The van der Waals surface area contributed by atoms with Crippen molar-refractivity contribution in [3.05, 3.63) is 22.3 Å². The van der Waals surface area contributed by atoms with Gasteiger partial charge in [0.15, 0.2) is 5.71 Å². The van der Waals surface area contributed by atoms with E-state index in [0.717, 1.165) is 23.3 Å². The molecule has 1 aliphatic rings. The molecule has 25 heavy (non-hydrogen) atoms. The van der Waals surface area contributed by atoms with Gasteiger partial charge in [0.1, 0.15) is 13.7 Å². The van der Waals surface area contributed by atoms with Crippen LogP contribution in [-0.4, -0.2) is 38.1 Å². The van der Waals surface area contributed by atoms with Crippen molar-refractivity contribution >= 4 is 17.3 Å². The van der Waals surface area contributed by atoms with Crippen molar-refractivity contribution in [3.63, 3.8) is 0 Å². The minimum Gasteiger partial charge on any atom is -0.398 e. The molecule has 0 bridgehead atoms. The van der Waals surface area contributed by atoms with E-state index in [2.05, 4.69) is 43.3 Å². The van der Waals surface area contributed by atoms with Gasteiger partial charge in [0.2, 0.25) is 0 Å². The van der Waals surface area contributed by atoms with Crippen LogP contribution in [0.1, 0.15) is 54.4 Å². The van der Waals surface area contributed by atoms with E-state index in [9.17, 15) is 4.79 Å². The van der Waals surface area contributed by atoms with Crippen molar-refractivity contribution in [2.45, 2.75) is 54.4 Å². The highest BCUT2D eigenvalue weighted by Crippen LogP contribution is 2.41. The Morgan fingerprint density at radius 2 is 1.76 bits per heavy atom. The van der Waals surface area contributed by atoms with E-state index in [1.807, 2.05) is 13.8 Å². The first-order valence-electron chi connectivity index (χ1n) is 8.48. The molecule has 1 rings (SSSR count). The molecule has 0 aromatic rings. The van der Waals surface area contributed by atoms with Crippen LogP contribution < -0.4 is 5.32 Å². The van der Waals surface area contributed by atoms with Gasteiger partial charge in [-0.25, -0.2) is 0 Å². The lowest BCUT2D eigenvalue weighted by Gasteiger charge is -2.33. The van der Waals surface area contributed by atoms with Crippen LogP contribution in [0.2, 0.25) is 0 Å². The average Bonchev–Trinajstić information content (AvgIpc) is 2.53. The maximum atomic E-state index is 12.3. The molecule has 0 saturated carbocycles. The Bertz CT molecular complexity index is 636. The minimum atomic E-state index is -0.293. The summed E-state index contributed by atoms with van der Waals surface area (Å²) in [5.41, 5.74) is 5.52. The molecule has 6 heteroatoms. The molecule has 140 valence electrons. The molecule has 0 aromatic carbocycles. The van der Waals surface area contributed by atoms with Crippen LogP contribution in [0.5, 0.6) is 0 Å². The first-order chi connectivity index (χ1) is 11.6. The van der Waals surface area contributed by atoms with Gasteiger partial charge >= 0.3 is 0 Å². The van der Waals surface area contributed by atoms with Crippen LogP contribution >= 0.6 is 0 Å². The number of amides is 1. The third-order valence-electron chi connectivity index (χ3n) is 4.38. The normalized spacial score (nSPS) is 15.9. The quantitative estimate of drug-likeness (QED) is 0.434. The molecule has 1 amide bonds. The van der Waals surface area contributed by atoms with E-state index in [4.69, 9.17) is 9.68 Å². The number of oxime groups is 2. The van der Waals surface area contributed by atoms with Crippen molar-refractivity contribution in [1.29, 1.82) is 0 Å². The fraction of sp³-hybridized carbons (Fsp3) is 0.632. The van der Waals surface area contributed by atoms with E-state index >= 15 is 0 Å². The highest BCUT2D eigenvalue weighted by molar-refractivity contribution is 6.45. The summed E-state index contributed by atoms with van der Waals surface area (Å²) < 4.78 is 0. The monoisotopic (exact) mass is 349 g/mol. The average molecular weight is 349 g/mol. The fourth-order valence-corrected chi connectivity index (χ4v) is 2.77. The number of rotatable bonds is 7. The van der Waals surface area contributed by atoms with Crippen LogP contribution in [0.25, 0.3) is 0 Å². The summed E-state index contributed by atoms with van der Waals surface area (Å²) in [5, 5.41) is 10.7. The Balaban J connectivity index is 3.36. The van der Waals surface area contributed by atoms with Crippen LogP contribution in [-0.2, 0) is 14.5 Å². The summed E-state index contributed by atoms with van der Waals surface area (Å²) in [4.78, 5) is 22.8. The first kappa shape index (κ1) is 20.9. The van der Waals surface area contributed by atoms with Gasteiger partial charge < -0.3 is 15.0 Å². The molecule has 0 unspecified atom stereocenters. The van der Waals surface area contributed by atoms with Gasteiger partial charge in [-0.05, 0) is 46.1 Å². The van der Waals surface area contributed by atoms with Crippen LogP contribution in [0, 0.1) is 5.41 Å². The predicted molar refractivity (Wildman–Crippen MR) is 102 cm³/mol. The summed E-state index contributed by atoms with van der Waals surface area (Å²) in [5.74, 6) is -0.249. The zero-order chi connectivity index (χ0) is 19.2. The molecular weight excluding hydrogens is 318 g/mol. The Kier molecular flexibility index (Phi) is 7.39. The largest absolute Gasteiger partial charge is 0.398 e. The number of nitrogens with zero attached hydrogens (tertiary/aromatic N) is 2. The van der Waals surface area contributed by atoms with Gasteiger partial charge in [0, 0.05) is 12.5 Å². The third-order valence-corrected chi connectivity index (χ3v) is 4.38. The lowest BCUT2D eigenvalue weighted by Crippen LogP contribution is -2.34. The van der Waals surface area contributed by atoms with Crippen LogP contribution in [0.15, 0.2) is 32.6 Å². The Hall–Kier alpha value is -2.11. The Labute approximate surface area is 151 Å². The van der Waals surface area contributed by atoms with Gasteiger partial charge in [-0.15, -0.1) is 0 Å². The molecule has 0 spiro atoms. The number of nitrogens with one attached hydrogen (secondary N) is 1. The van der Waals surface area contributed by atoms with Gasteiger partial charge in [-0.3, -0.25) is 4.79 Å². The maximum Gasteiger partial charge on any atom is 0.273 e. The second-order valence-corrected chi connectivity index (χ2v) is 7.27. The molecule has 1 aliphatic carbocycles. The molecule has 0 saturated heterocycles. The van der Waals surface area contributed by atoms with Crippen molar-refractivity contribution < 1.29 is 14.5 Å². The zero-order valence-electron chi connectivity index (χ0n) is 16.7. The summed E-state index contributed by atoms with van der Waals surface area (Å²) in [6, 6.07) is 0. The highest BCUT2D eigenvalue weighted by atomic mass is 16.6. The van der Waals surface area contributed by atoms with Gasteiger partial charge in [0.25, 0.3) is 5.91 Å². The summed E-state index contributed by atoms with van der Waals surface area (Å²) in [6.07, 6.45) is 1.46. The lowest BCUT2D eigenvalue weighted by molar-refractivity contribution is -0.114. The molecule has 0 atom stereocenters. The SMILES string of the molecule is CNC(=O)/C(=N/OC)C1=C(C(C)(C)CON=C(C)C)CC(C)=C(C)C1. The van der Waals surface area contributed by atoms with Gasteiger partial charge in [0.05, 0.1) is 5.71 Å². The molecule has 0 fully saturated rings. The van der Waals surface area contributed by atoms with Gasteiger partial charge in [-0.2, -0.15) is 0 Å². The van der Waals surface area contributed by atoms with Crippen molar-refractivity contribution in [3.8, 4) is 0 Å². The summed E-state index contributed by atoms with van der Waals surface area (Å²) in [6.45, 7) is 12.6. The standard InChI is InChI=1S/C19H31N3O3/c1-12(2)21-25-11-19(5,6)16-10-14(4)13(3)9-15(16)17(22-24-8)18(23)20-7/h9-11H2,1-8H3,(H,20,23)/b22-17+. The number of hydrogen-bond acceptors (Lipinski definition) is 5. The molecule has 0 aliphatic heterocycles. The van der Waals surface area contributed by atoms with Crippen molar-refractivity contribution in [2.24, 2.45) is 15.7 Å². The predicted octanol–water partition coefficient (Wildman–Crippen LogP) is 3.60. The second-order valence-electron chi connectivity index (χ2n) is 7.27. The molecule has 0 heterocycles. The smallest absolute Gasteiger partial charge is 0.273 e. The lowest BCUT2D eigenvalue weighted by atomic mass is 9.73. The first-order valence-corrected chi connectivity index (χ1v) is 8.48. The van der Waals surface area contributed by atoms with E-state index in [1.54, 1.807) is 7.05 Å². The molecular formula is C19H31N3O3. The summed E-state index contributed by atoms with van der Waals surface area (Å²) in [7, 11) is 3.05. The summed E-state index contributed by atoms with van der Waals surface area (Å²) >= 11 is 0. The highest BCUT2D eigenvalue weighted by Gasteiger charge is 2.33. The van der Waals surface area contributed by atoms with E-state index < -0.39 is 0 Å². The third kappa shape index (κ3) is 5.44. The van der Waals surface area contributed by atoms with Gasteiger partial charge in [-0.1, -0.05) is 40.9 Å². The number of allylic oxidation sites excluding steroid dienone is 2. The van der Waals surface area contributed by atoms with Crippen LogP contribution in [0.4, 0.5) is 0 Å². The van der Waals surface area contributed by atoms with E-state index in [-0.39, 0.29) is 11.3 Å². The number of carbonyl (C=O) groups is 1. The minimum absolute atomic E-state index is 0.249. The molecule has 0 radical (unpaired) electrons. The number of carbonyl (C=O) groups excluding carboxylic acids is 1. The maximum absolute atomic E-state index is 12.3. The fourth-order valence-electron chi connectivity index (χ4n) is 2.77. The Morgan fingerprint density at radius 1 is 1.16 bits per heavy atom.